The molecule has 110 valence electrons. The van der Waals surface area contributed by atoms with Crippen LogP contribution in [-0.2, 0) is 4.79 Å². The van der Waals surface area contributed by atoms with Crippen LogP contribution < -0.4 is 15.4 Å². The summed E-state index contributed by atoms with van der Waals surface area (Å²) < 4.78 is 29.0. The lowest BCUT2D eigenvalue weighted by molar-refractivity contribution is -0.119. The summed E-state index contributed by atoms with van der Waals surface area (Å²) in [7, 11) is 0. The molecular formula is C14H18F2N2O2. The summed E-state index contributed by atoms with van der Waals surface area (Å²) in [6.07, 6.45) is 2.75. The number of amides is 1. The molecule has 0 bridgehead atoms. The molecule has 0 radical (unpaired) electrons. The zero-order valence-electron chi connectivity index (χ0n) is 11.2. The maximum absolute atomic E-state index is 12.3. The van der Waals surface area contributed by atoms with Crippen LogP contribution in [0.2, 0.25) is 0 Å². The Morgan fingerprint density at radius 1 is 1.40 bits per heavy atom. The minimum absolute atomic E-state index is 0.0280. The number of nitrogens with one attached hydrogen (secondary N) is 2. The summed E-state index contributed by atoms with van der Waals surface area (Å²) in [5, 5.41) is 5.84. The number of carbonyl (C=O) groups is 1. The second kappa shape index (κ2) is 6.65. The number of piperidine rings is 1. The van der Waals surface area contributed by atoms with E-state index in [0.717, 1.165) is 19.3 Å². The van der Waals surface area contributed by atoms with Crippen molar-refractivity contribution < 1.29 is 18.3 Å². The molecule has 2 N–H and O–H groups in total. The van der Waals surface area contributed by atoms with Crippen LogP contribution in [0.15, 0.2) is 24.3 Å². The smallest absolute Gasteiger partial charge is 0.387 e. The zero-order valence-corrected chi connectivity index (χ0v) is 11.2. The highest BCUT2D eigenvalue weighted by molar-refractivity contribution is 5.96. The third kappa shape index (κ3) is 3.90. The molecule has 1 aromatic rings. The van der Waals surface area contributed by atoms with Crippen molar-refractivity contribution in [1.29, 1.82) is 0 Å². The molecule has 0 aliphatic carbocycles. The molecule has 20 heavy (non-hydrogen) atoms. The number of alkyl halides is 2. The number of hydrogen-bond acceptors (Lipinski definition) is 3. The molecular weight excluding hydrogens is 266 g/mol. The fourth-order valence-electron chi connectivity index (χ4n) is 2.33. The van der Waals surface area contributed by atoms with Crippen LogP contribution in [0.3, 0.4) is 0 Å². The SMILES string of the molecule is CC1CCCC(C(=O)Nc2ccccc2OC(F)F)N1. The Bertz CT molecular complexity index is 468. The van der Waals surface area contributed by atoms with Gasteiger partial charge in [-0.15, -0.1) is 0 Å². The molecule has 2 rings (SSSR count). The Labute approximate surface area is 116 Å². The zero-order chi connectivity index (χ0) is 14.5. The van der Waals surface area contributed by atoms with Crippen LogP contribution in [0, 0.1) is 0 Å². The summed E-state index contributed by atoms with van der Waals surface area (Å²) in [5.41, 5.74) is 0.262. The lowest BCUT2D eigenvalue weighted by atomic mass is 9.99. The maximum Gasteiger partial charge on any atom is 0.387 e. The van der Waals surface area contributed by atoms with E-state index in [4.69, 9.17) is 0 Å². The largest absolute Gasteiger partial charge is 0.433 e. The monoisotopic (exact) mass is 284 g/mol. The molecule has 1 aliphatic heterocycles. The average Bonchev–Trinajstić information content (AvgIpc) is 2.40. The van der Waals surface area contributed by atoms with Crippen LogP contribution in [0.25, 0.3) is 0 Å². The van der Waals surface area contributed by atoms with Crippen molar-refractivity contribution in [2.24, 2.45) is 0 Å². The van der Waals surface area contributed by atoms with Gasteiger partial charge in [0.2, 0.25) is 5.91 Å². The molecule has 2 atom stereocenters. The Balaban J connectivity index is 2.03. The number of para-hydroxylation sites is 2. The van der Waals surface area contributed by atoms with Crippen LogP contribution >= 0.6 is 0 Å². The molecule has 4 nitrogen and oxygen atoms in total. The van der Waals surface area contributed by atoms with Crippen molar-refractivity contribution in [3.8, 4) is 5.75 Å². The lowest BCUT2D eigenvalue weighted by Gasteiger charge is -2.28. The van der Waals surface area contributed by atoms with Crippen LogP contribution in [0.1, 0.15) is 26.2 Å². The van der Waals surface area contributed by atoms with Gasteiger partial charge < -0.3 is 15.4 Å². The van der Waals surface area contributed by atoms with Gasteiger partial charge in [0.25, 0.3) is 0 Å². The summed E-state index contributed by atoms with van der Waals surface area (Å²) in [6.45, 7) is -0.895. The quantitative estimate of drug-likeness (QED) is 0.894. The lowest BCUT2D eigenvalue weighted by Crippen LogP contribution is -2.47. The maximum atomic E-state index is 12.3. The number of benzene rings is 1. The van der Waals surface area contributed by atoms with Crippen LogP contribution in [0.5, 0.6) is 5.75 Å². The van der Waals surface area contributed by atoms with Gasteiger partial charge in [0, 0.05) is 6.04 Å². The Morgan fingerprint density at radius 3 is 2.85 bits per heavy atom. The number of halogens is 2. The molecule has 1 heterocycles. The number of anilines is 1. The van der Waals surface area contributed by atoms with Gasteiger partial charge in [-0.25, -0.2) is 0 Å². The number of ether oxygens (including phenoxy) is 1. The highest BCUT2D eigenvalue weighted by atomic mass is 19.3. The molecule has 1 aromatic carbocycles. The molecule has 1 fully saturated rings. The minimum atomic E-state index is -2.92. The molecule has 6 heteroatoms. The fourth-order valence-corrected chi connectivity index (χ4v) is 2.33. The topological polar surface area (TPSA) is 50.4 Å². The molecule has 1 amide bonds. The first-order valence-electron chi connectivity index (χ1n) is 6.67. The summed E-state index contributed by atoms with van der Waals surface area (Å²) in [5.74, 6) is -0.249. The Morgan fingerprint density at radius 2 is 2.15 bits per heavy atom. The van der Waals surface area contributed by atoms with Crippen molar-refractivity contribution in [2.45, 2.75) is 44.9 Å². The first-order valence-corrected chi connectivity index (χ1v) is 6.67. The van der Waals surface area contributed by atoms with Crippen LogP contribution in [-0.4, -0.2) is 24.6 Å². The molecule has 0 aromatic heterocycles. The summed E-state index contributed by atoms with van der Waals surface area (Å²) in [6, 6.07) is 6.17. The standard InChI is InChI=1S/C14H18F2N2O2/c1-9-5-4-7-11(17-9)13(19)18-10-6-2-3-8-12(10)20-14(15)16/h2-3,6,8-9,11,14,17H,4-5,7H2,1H3,(H,18,19). The van der Waals surface area contributed by atoms with E-state index in [1.165, 1.54) is 6.07 Å². The van der Waals surface area contributed by atoms with Gasteiger partial charge in [-0.3, -0.25) is 4.79 Å². The predicted octanol–water partition coefficient (Wildman–Crippen LogP) is 2.76. The molecule has 1 aliphatic rings. The predicted molar refractivity (Wildman–Crippen MR) is 71.9 cm³/mol. The van der Waals surface area contributed by atoms with Crippen molar-refractivity contribution in [3.05, 3.63) is 24.3 Å². The summed E-state index contributed by atoms with van der Waals surface area (Å²) >= 11 is 0. The van der Waals surface area contributed by atoms with Crippen molar-refractivity contribution in [3.63, 3.8) is 0 Å². The second-order valence-corrected chi connectivity index (χ2v) is 4.92. The number of rotatable bonds is 4. The first-order chi connectivity index (χ1) is 9.56. The van der Waals surface area contributed by atoms with Crippen molar-refractivity contribution in [1.82, 2.24) is 5.32 Å². The first kappa shape index (κ1) is 14.7. The number of hydrogen-bond donors (Lipinski definition) is 2. The number of carbonyl (C=O) groups excluding carboxylic acids is 1. The van der Waals surface area contributed by atoms with Crippen molar-refractivity contribution in [2.75, 3.05) is 5.32 Å². The van der Waals surface area contributed by atoms with Gasteiger partial charge in [0.05, 0.1) is 11.7 Å². The van der Waals surface area contributed by atoms with Crippen molar-refractivity contribution >= 4 is 11.6 Å². The molecule has 2 unspecified atom stereocenters. The van der Waals surface area contributed by atoms with Gasteiger partial charge in [-0.1, -0.05) is 12.1 Å². The van der Waals surface area contributed by atoms with E-state index >= 15 is 0 Å². The third-order valence-electron chi connectivity index (χ3n) is 3.29. The van der Waals surface area contributed by atoms with E-state index in [-0.39, 0.29) is 29.4 Å². The average molecular weight is 284 g/mol. The van der Waals surface area contributed by atoms with Gasteiger partial charge in [0.15, 0.2) is 0 Å². The van der Waals surface area contributed by atoms with E-state index < -0.39 is 6.61 Å². The van der Waals surface area contributed by atoms with E-state index in [1.807, 2.05) is 6.92 Å². The van der Waals surface area contributed by atoms with Crippen LogP contribution in [0.4, 0.5) is 14.5 Å². The highest BCUT2D eigenvalue weighted by Gasteiger charge is 2.24. The molecule has 1 saturated heterocycles. The molecule has 0 saturated carbocycles. The van der Waals surface area contributed by atoms with E-state index in [1.54, 1.807) is 18.2 Å². The Hall–Kier alpha value is -1.69. The highest BCUT2D eigenvalue weighted by Crippen LogP contribution is 2.26. The summed E-state index contributed by atoms with van der Waals surface area (Å²) in [4.78, 5) is 12.1. The third-order valence-corrected chi connectivity index (χ3v) is 3.29. The van der Waals surface area contributed by atoms with E-state index in [2.05, 4.69) is 15.4 Å². The van der Waals surface area contributed by atoms with Gasteiger partial charge in [-0.05, 0) is 38.3 Å². The van der Waals surface area contributed by atoms with Gasteiger partial charge >= 0.3 is 6.61 Å². The Kier molecular flexibility index (Phi) is 4.89. The minimum Gasteiger partial charge on any atom is -0.433 e. The normalized spacial score (nSPS) is 22.6. The van der Waals surface area contributed by atoms with Gasteiger partial charge in [-0.2, -0.15) is 8.78 Å². The fraction of sp³-hybridized carbons (Fsp3) is 0.500. The van der Waals surface area contributed by atoms with E-state index in [0.29, 0.717) is 0 Å². The second-order valence-electron chi connectivity index (χ2n) is 4.92. The van der Waals surface area contributed by atoms with Gasteiger partial charge in [0.1, 0.15) is 5.75 Å². The molecule has 0 spiro atoms. The van der Waals surface area contributed by atoms with E-state index in [9.17, 15) is 13.6 Å².